The lowest BCUT2D eigenvalue weighted by Crippen LogP contribution is -2.63. The number of benzene rings is 1. The minimum Gasteiger partial charge on any atom is -0.311 e. The molecule has 0 spiro atoms. The first-order valence-corrected chi connectivity index (χ1v) is 8.32. The Hall–Kier alpha value is -0.640. The Morgan fingerprint density at radius 2 is 2.19 bits per heavy atom. The summed E-state index contributed by atoms with van der Waals surface area (Å²) < 4.78 is 14.0. The van der Waals surface area contributed by atoms with Crippen molar-refractivity contribution in [3.8, 4) is 0 Å². The fourth-order valence-electron chi connectivity index (χ4n) is 3.27. The summed E-state index contributed by atoms with van der Waals surface area (Å²) in [6.07, 6.45) is 3.72. The van der Waals surface area contributed by atoms with Crippen LogP contribution in [0.1, 0.15) is 38.7 Å². The average molecular weight is 311 g/mol. The molecule has 1 aliphatic heterocycles. The lowest BCUT2D eigenvalue weighted by Gasteiger charge is -2.48. The van der Waals surface area contributed by atoms with Crippen LogP contribution in [0.3, 0.4) is 0 Å². The molecule has 2 aliphatic rings. The van der Waals surface area contributed by atoms with Crippen molar-refractivity contribution in [3.63, 3.8) is 0 Å². The lowest BCUT2D eigenvalue weighted by molar-refractivity contribution is 0.0361. The summed E-state index contributed by atoms with van der Waals surface area (Å²) in [5.74, 6) is 0.664. The number of nitrogens with zero attached hydrogens (tertiary/aromatic N) is 1. The largest absolute Gasteiger partial charge is 0.311 e. The molecule has 0 radical (unpaired) electrons. The quantitative estimate of drug-likeness (QED) is 0.909. The van der Waals surface area contributed by atoms with Crippen LogP contribution in [0.25, 0.3) is 0 Å². The highest BCUT2D eigenvalue weighted by Gasteiger charge is 2.41. The molecule has 1 N–H and O–H groups in total. The predicted molar refractivity (Wildman–Crippen MR) is 85.0 cm³/mol. The normalized spacial score (nSPS) is 30.6. The lowest BCUT2D eigenvalue weighted by atomic mass is 9.90. The highest BCUT2D eigenvalue weighted by atomic mass is 35.5. The Balaban J connectivity index is 1.79. The number of halogens is 2. The molecular weight excluding hydrogens is 287 g/mol. The minimum atomic E-state index is -0.153. The molecule has 3 rings (SSSR count). The van der Waals surface area contributed by atoms with Gasteiger partial charge >= 0.3 is 0 Å². The van der Waals surface area contributed by atoms with Crippen LogP contribution in [0, 0.1) is 11.7 Å². The van der Waals surface area contributed by atoms with E-state index < -0.39 is 0 Å². The van der Waals surface area contributed by atoms with Crippen LogP contribution in [0.5, 0.6) is 0 Å². The third-order valence-electron chi connectivity index (χ3n) is 5.25. The van der Waals surface area contributed by atoms with Gasteiger partial charge < -0.3 is 5.32 Å². The Bertz CT molecular complexity index is 518. The fraction of sp³-hybridized carbons (Fsp3) is 0.647. The van der Waals surface area contributed by atoms with Crippen molar-refractivity contribution in [1.82, 2.24) is 10.2 Å². The SMILES string of the molecule is CCC1(C)CNC(C2CC2)CN1Cc1cc(Cl)ccc1F. The van der Waals surface area contributed by atoms with Gasteiger partial charge in [-0.1, -0.05) is 18.5 Å². The summed E-state index contributed by atoms with van der Waals surface area (Å²) in [4.78, 5) is 2.45. The van der Waals surface area contributed by atoms with Crippen molar-refractivity contribution >= 4 is 11.6 Å². The zero-order valence-electron chi connectivity index (χ0n) is 12.8. The Kier molecular flexibility index (Phi) is 4.26. The molecule has 2 atom stereocenters. The van der Waals surface area contributed by atoms with Gasteiger partial charge in [0.1, 0.15) is 5.82 Å². The first kappa shape index (κ1) is 15.3. The van der Waals surface area contributed by atoms with Crippen LogP contribution in [0.2, 0.25) is 5.02 Å². The molecule has 2 fully saturated rings. The monoisotopic (exact) mass is 310 g/mol. The van der Waals surface area contributed by atoms with E-state index in [1.165, 1.54) is 18.9 Å². The second-order valence-electron chi connectivity index (χ2n) is 6.79. The van der Waals surface area contributed by atoms with E-state index in [1.807, 2.05) is 0 Å². The Morgan fingerprint density at radius 3 is 2.86 bits per heavy atom. The van der Waals surface area contributed by atoms with Crippen molar-refractivity contribution < 1.29 is 4.39 Å². The number of hydrogen-bond donors (Lipinski definition) is 1. The predicted octanol–water partition coefficient (Wildman–Crippen LogP) is 3.83. The molecule has 1 saturated carbocycles. The van der Waals surface area contributed by atoms with E-state index in [1.54, 1.807) is 12.1 Å². The van der Waals surface area contributed by atoms with Gasteiger partial charge in [0.2, 0.25) is 0 Å². The molecule has 1 saturated heterocycles. The van der Waals surface area contributed by atoms with E-state index in [9.17, 15) is 4.39 Å². The van der Waals surface area contributed by atoms with E-state index in [2.05, 4.69) is 24.1 Å². The summed E-state index contributed by atoms with van der Waals surface area (Å²) >= 11 is 6.03. The maximum absolute atomic E-state index is 14.0. The van der Waals surface area contributed by atoms with Crippen LogP contribution in [0.15, 0.2) is 18.2 Å². The standard InChI is InChI=1S/C17H24ClFN2/c1-3-17(2)11-20-16(12-4-5-12)10-21(17)9-13-8-14(18)6-7-15(13)19/h6-8,12,16,20H,3-5,9-11H2,1-2H3. The Labute approximate surface area is 131 Å². The first-order valence-electron chi connectivity index (χ1n) is 7.94. The van der Waals surface area contributed by atoms with E-state index in [-0.39, 0.29) is 11.4 Å². The second kappa shape index (κ2) is 5.86. The first-order chi connectivity index (χ1) is 10.0. The summed E-state index contributed by atoms with van der Waals surface area (Å²) in [5.41, 5.74) is 0.791. The third-order valence-corrected chi connectivity index (χ3v) is 5.48. The molecular formula is C17H24ClFN2. The summed E-state index contributed by atoms with van der Waals surface area (Å²) in [6.45, 7) is 7.10. The fourth-order valence-corrected chi connectivity index (χ4v) is 3.47. The molecule has 1 heterocycles. The molecule has 0 amide bonds. The van der Waals surface area contributed by atoms with Crippen molar-refractivity contribution in [1.29, 1.82) is 0 Å². The zero-order chi connectivity index (χ0) is 15.0. The number of hydrogen-bond acceptors (Lipinski definition) is 2. The van der Waals surface area contributed by atoms with Gasteiger partial charge in [0.25, 0.3) is 0 Å². The molecule has 1 aliphatic carbocycles. The van der Waals surface area contributed by atoms with E-state index in [0.29, 0.717) is 23.2 Å². The van der Waals surface area contributed by atoms with Gasteiger partial charge in [0.15, 0.2) is 0 Å². The van der Waals surface area contributed by atoms with Gasteiger partial charge in [-0.25, -0.2) is 4.39 Å². The van der Waals surface area contributed by atoms with Gasteiger partial charge in [-0.3, -0.25) is 4.90 Å². The number of piperazine rings is 1. The van der Waals surface area contributed by atoms with Gasteiger partial charge in [-0.15, -0.1) is 0 Å². The molecule has 2 unspecified atom stereocenters. The summed E-state index contributed by atoms with van der Waals surface area (Å²) in [5, 5.41) is 4.31. The second-order valence-corrected chi connectivity index (χ2v) is 7.23. The van der Waals surface area contributed by atoms with E-state index in [0.717, 1.165) is 25.4 Å². The van der Waals surface area contributed by atoms with Crippen molar-refractivity contribution in [2.75, 3.05) is 13.1 Å². The molecule has 1 aromatic carbocycles. The highest BCUT2D eigenvalue weighted by molar-refractivity contribution is 6.30. The summed E-state index contributed by atoms with van der Waals surface area (Å²) in [7, 11) is 0. The molecule has 4 heteroatoms. The Morgan fingerprint density at radius 1 is 1.43 bits per heavy atom. The van der Waals surface area contributed by atoms with E-state index in [4.69, 9.17) is 11.6 Å². The number of nitrogens with one attached hydrogen (secondary N) is 1. The van der Waals surface area contributed by atoms with Gasteiger partial charge in [0.05, 0.1) is 0 Å². The van der Waals surface area contributed by atoms with Crippen LogP contribution in [-0.2, 0) is 6.54 Å². The zero-order valence-corrected chi connectivity index (χ0v) is 13.6. The molecule has 21 heavy (non-hydrogen) atoms. The topological polar surface area (TPSA) is 15.3 Å². The van der Waals surface area contributed by atoms with Gasteiger partial charge in [0, 0.05) is 41.8 Å². The summed E-state index contributed by atoms with van der Waals surface area (Å²) in [6, 6.07) is 5.42. The van der Waals surface area contributed by atoms with E-state index >= 15 is 0 Å². The maximum Gasteiger partial charge on any atom is 0.127 e. The molecule has 1 aromatic rings. The maximum atomic E-state index is 14.0. The molecule has 116 valence electrons. The van der Waals surface area contributed by atoms with Crippen LogP contribution >= 0.6 is 11.6 Å². The third kappa shape index (κ3) is 3.25. The molecule has 0 aromatic heterocycles. The van der Waals surface area contributed by atoms with Crippen molar-refractivity contribution in [3.05, 3.63) is 34.6 Å². The van der Waals surface area contributed by atoms with Crippen molar-refractivity contribution in [2.24, 2.45) is 5.92 Å². The van der Waals surface area contributed by atoms with Gasteiger partial charge in [-0.2, -0.15) is 0 Å². The molecule has 2 nitrogen and oxygen atoms in total. The molecule has 0 bridgehead atoms. The van der Waals surface area contributed by atoms with Crippen molar-refractivity contribution in [2.45, 2.75) is 51.2 Å². The smallest absolute Gasteiger partial charge is 0.127 e. The van der Waals surface area contributed by atoms with Crippen LogP contribution in [-0.4, -0.2) is 29.6 Å². The van der Waals surface area contributed by atoms with Crippen LogP contribution < -0.4 is 5.32 Å². The highest BCUT2D eigenvalue weighted by Crippen LogP contribution is 2.37. The average Bonchev–Trinajstić information content (AvgIpc) is 3.30. The number of rotatable bonds is 4. The minimum absolute atomic E-state index is 0.0835. The van der Waals surface area contributed by atoms with Crippen LogP contribution in [0.4, 0.5) is 4.39 Å². The van der Waals surface area contributed by atoms with Gasteiger partial charge in [-0.05, 0) is 50.3 Å².